The third-order valence-corrected chi connectivity index (χ3v) is 4.85. The highest BCUT2D eigenvalue weighted by atomic mass is 16.7. The molecule has 0 bridgehead atoms. The molecule has 148 valence electrons. The second-order valence-electron chi connectivity index (χ2n) is 7.12. The zero-order valence-corrected chi connectivity index (χ0v) is 16.1. The van der Waals surface area contributed by atoms with E-state index in [2.05, 4.69) is 0 Å². The molecule has 1 heterocycles. The van der Waals surface area contributed by atoms with Gasteiger partial charge in [0.2, 0.25) is 0 Å². The van der Waals surface area contributed by atoms with Crippen LogP contribution in [0.2, 0.25) is 0 Å². The molecule has 2 aromatic carbocycles. The van der Waals surface area contributed by atoms with Crippen LogP contribution in [0.4, 0.5) is 0 Å². The van der Waals surface area contributed by atoms with E-state index in [-0.39, 0.29) is 6.61 Å². The first-order chi connectivity index (χ1) is 13.3. The topological polar surface area (TPSA) is 82.1 Å². The van der Waals surface area contributed by atoms with Crippen molar-refractivity contribution in [1.29, 1.82) is 0 Å². The van der Waals surface area contributed by atoms with Gasteiger partial charge in [-0.25, -0.2) is 9.59 Å². The van der Waals surface area contributed by atoms with Crippen LogP contribution in [0.15, 0.2) is 48.5 Å². The number of rotatable bonds is 5. The van der Waals surface area contributed by atoms with Gasteiger partial charge in [-0.15, -0.1) is 0 Å². The lowest BCUT2D eigenvalue weighted by Gasteiger charge is -2.21. The largest absolute Gasteiger partial charge is 0.459 e. The average molecular weight is 384 g/mol. The summed E-state index contributed by atoms with van der Waals surface area (Å²) in [5, 5.41) is 10.0. The molecule has 6 nitrogen and oxygen atoms in total. The Morgan fingerprint density at radius 3 is 1.96 bits per heavy atom. The van der Waals surface area contributed by atoms with E-state index in [4.69, 9.17) is 14.2 Å². The van der Waals surface area contributed by atoms with E-state index in [0.717, 1.165) is 11.1 Å². The van der Waals surface area contributed by atoms with Crippen LogP contribution >= 0.6 is 0 Å². The van der Waals surface area contributed by atoms with E-state index in [1.165, 1.54) is 0 Å². The molecule has 1 N–H and O–H groups in total. The van der Waals surface area contributed by atoms with Crippen molar-refractivity contribution in [2.45, 2.75) is 39.3 Å². The lowest BCUT2D eigenvalue weighted by Crippen LogP contribution is -2.35. The van der Waals surface area contributed by atoms with Gasteiger partial charge in [0.25, 0.3) is 0 Å². The van der Waals surface area contributed by atoms with Crippen molar-refractivity contribution in [3.8, 4) is 0 Å². The van der Waals surface area contributed by atoms with Crippen LogP contribution in [0.3, 0.4) is 0 Å². The predicted octanol–water partition coefficient (Wildman–Crippen LogP) is 3.04. The molecule has 6 heteroatoms. The number of aliphatic hydroxyl groups excluding tert-OH is 1. The second-order valence-corrected chi connectivity index (χ2v) is 7.12. The molecule has 3 rings (SSSR count). The summed E-state index contributed by atoms with van der Waals surface area (Å²) in [7, 11) is 0. The number of esters is 2. The van der Waals surface area contributed by atoms with Crippen LogP contribution in [0.5, 0.6) is 0 Å². The van der Waals surface area contributed by atoms with Crippen molar-refractivity contribution >= 4 is 11.9 Å². The van der Waals surface area contributed by atoms with Crippen molar-refractivity contribution in [3.63, 3.8) is 0 Å². The van der Waals surface area contributed by atoms with E-state index in [9.17, 15) is 14.7 Å². The minimum atomic E-state index is -1.10. The Kier molecular flexibility index (Phi) is 6.11. The lowest BCUT2D eigenvalue weighted by molar-refractivity contribution is -0.118. The van der Waals surface area contributed by atoms with Gasteiger partial charge in [0.05, 0.1) is 11.1 Å². The van der Waals surface area contributed by atoms with Crippen LogP contribution < -0.4 is 0 Å². The molecule has 1 saturated heterocycles. The van der Waals surface area contributed by atoms with Crippen LogP contribution in [0.1, 0.15) is 38.8 Å². The number of hydrogen-bond acceptors (Lipinski definition) is 6. The number of carbonyl (C=O) groups is 2. The third-order valence-electron chi connectivity index (χ3n) is 4.85. The van der Waals surface area contributed by atoms with Crippen molar-refractivity contribution in [2.24, 2.45) is 5.92 Å². The standard InChI is InChI=1S/C22H24O6/c1-13-4-8-16(9-5-13)21(24)26-12-18-19(15(3)20(23)27-18)28-22(25)17-10-6-14(2)7-11-17/h4-11,15,18-20,23H,12H2,1-3H3/t15-,18+,19-,20?/m0/s1. The van der Waals surface area contributed by atoms with E-state index >= 15 is 0 Å². The van der Waals surface area contributed by atoms with Crippen molar-refractivity contribution in [2.75, 3.05) is 6.61 Å². The Labute approximate surface area is 164 Å². The van der Waals surface area contributed by atoms with Gasteiger partial charge in [0.15, 0.2) is 6.29 Å². The van der Waals surface area contributed by atoms with Gasteiger partial charge in [-0.3, -0.25) is 0 Å². The number of hydrogen-bond donors (Lipinski definition) is 1. The molecule has 1 fully saturated rings. The summed E-state index contributed by atoms with van der Waals surface area (Å²) in [6.07, 6.45) is -2.57. The summed E-state index contributed by atoms with van der Waals surface area (Å²) in [5.41, 5.74) is 2.90. The van der Waals surface area contributed by atoms with Gasteiger partial charge < -0.3 is 19.3 Å². The highest BCUT2D eigenvalue weighted by Crippen LogP contribution is 2.29. The van der Waals surface area contributed by atoms with E-state index < -0.39 is 36.4 Å². The molecule has 1 aliphatic heterocycles. The fourth-order valence-electron chi connectivity index (χ4n) is 3.01. The summed E-state index contributed by atoms with van der Waals surface area (Å²) < 4.78 is 16.3. The Morgan fingerprint density at radius 1 is 0.929 bits per heavy atom. The smallest absolute Gasteiger partial charge is 0.338 e. The number of carbonyl (C=O) groups excluding carboxylic acids is 2. The molecule has 2 aromatic rings. The molecule has 0 spiro atoms. The molecule has 4 atom stereocenters. The Balaban J connectivity index is 1.63. The number of aryl methyl sites for hydroxylation is 2. The quantitative estimate of drug-likeness (QED) is 0.798. The molecule has 28 heavy (non-hydrogen) atoms. The second kappa shape index (κ2) is 8.54. The Bertz CT molecular complexity index is 827. The first kappa shape index (κ1) is 20.0. The highest BCUT2D eigenvalue weighted by molar-refractivity contribution is 5.90. The summed E-state index contributed by atoms with van der Waals surface area (Å²) in [6, 6.07) is 14.0. The summed E-state index contributed by atoms with van der Waals surface area (Å²) in [6.45, 7) is 5.45. The van der Waals surface area contributed by atoms with Crippen LogP contribution in [0, 0.1) is 19.8 Å². The number of benzene rings is 2. The minimum Gasteiger partial charge on any atom is -0.459 e. The van der Waals surface area contributed by atoms with Gasteiger partial charge in [-0.2, -0.15) is 0 Å². The maximum absolute atomic E-state index is 12.4. The van der Waals surface area contributed by atoms with Crippen molar-refractivity contribution in [1.82, 2.24) is 0 Å². The highest BCUT2D eigenvalue weighted by Gasteiger charge is 2.44. The predicted molar refractivity (Wildman–Crippen MR) is 102 cm³/mol. The molecule has 0 amide bonds. The van der Waals surface area contributed by atoms with Crippen molar-refractivity contribution < 1.29 is 28.9 Å². The molecular formula is C22H24O6. The van der Waals surface area contributed by atoms with Gasteiger partial charge >= 0.3 is 11.9 Å². The zero-order chi connectivity index (χ0) is 20.3. The minimum absolute atomic E-state index is 0.125. The molecule has 1 unspecified atom stereocenters. The number of ether oxygens (including phenoxy) is 3. The van der Waals surface area contributed by atoms with Gasteiger partial charge in [0, 0.05) is 5.92 Å². The average Bonchev–Trinajstić information content (AvgIpc) is 2.95. The fourth-order valence-corrected chi connectivity index (χ4v) is 3.01. The van der Waals surface area contributed by atoms with Crippen LogP contribution in [-0.4, -0.2) is 42.1 Å². The van der Waals surface area contributed by atoms with Gasteiger partial charge in [0.1, 0.15) is 18.8 Å². The molecule has 1 aliphatic rings. The molecule has 0 aliphatic carbocycles. The zero-order valence-electron chi connectivity index (χ0n) is 16.1. The van der Waals surface area contributed by atoms with Crippen LogP contribution in [0.25, 0.3) is 0 Å². The number of aliphatic hydroxyl groups is 1. The van der Waals surface area contributed by atoms with E-state index in [1.807, 2.05) is 38.1 Å². The van der Waals surface area contributed by atoms with Crippen LogP contribution in [-0.2, 0) is 14.2 Å². The molecule has 0 aromatic heterocycles. The lowest BCUT2D eigenvalue weighted by atomic mass is 10.0. The molecular weight excluding hydrogens is 360 g/mol. The SMILES string of the molecule is Cc1ccc(C(=O)OC[C@H]2OC(O)[C@@H](C)[C@@H]2OC(=O)c2ccc(C)cc2)cc1. The monoisotopic (exact) mass is 384 g/mol. The first-order valence-electron chi connectivity index (χ1n) is 9.20. The van der Waals surface area contributed by atoms with Crippen molar-refractivity contribution in [3.05, 3.63) is 70.8 Å². The first-order valence-corrected chi connectivity index (χ1v) is 9.20. The summed E-state index contributed by atoms with van der Waals surface area (Å²) >= 11 is 0. The fraction of sp³-hybridized carbons (Fsp3) is 0.364. The Hall–Kier alpha value is -2.70. The van der Waals surface area contributed by atoms with E-state index in [1.54, 1.807) is 31.2 Å². The summed E-state index contributed by atoms with van der Waals surface area (Å²) in [4.78, 5) is 24.6. The molecule has 0 saturated carbocycles. The molecule has 0 radical (unpaired) electrons. The summed E-state index contributed by atoms with van der Waals surface area (Å²) in [5.74, 6) is -1.46. The Morgan fingerprint density at radius 2 is 1.43 bits per heavy atom. The van der Waals surface area contributed by atoms with E-state index in [0.29, 0.717) is 11.1 Å². The normalized spacial score (nSPS) is 24.0. The third kappa shape index (κ3) is 4.58. The van der Waals surface area contributed by atoms with Gasteiger partial charge in [-0.05, 0) is 38.1 Å². The maximum Gasteiger partial charge on any atom is 0.338 e. The maximum atomic E-state index is 12.4. The van der Waals surface area contributed by atoms with Gasteiger partial charge in [-0.1, -0.05) is 42.3 Å².